The molecular weight excluding hydrogens is 169 g/mol. The standard InChI is InChI=1S/4FH.2Mg.H2OSi/c;;;;;;1-2/h4*1H;;;2H2/q;;;;2*+2;/p-4. The Morgan fingerprint density at radius 1 is 0.625 bits per heavy atom. The molecule has 0 spiro atoms. The zero-order chi connectivity index (χ0) is 2.00. The summed E-state index contributed by atoms with van der Waals surface area (Å²) in [5.74, 6) is 0. The third-order valence-electron chi connectivity index (χ3n) is 0. The normalized spacial score (nSPS) is 0.500. The Balaban J connectivity index is -0.000000000333. The van der Waals surface area contributed by atoms with Crippen molar-refractivity contribution >= 4 is 56.2 Å². The van der Waals surface area contributed by atoms with Gasteiger partial charge in [-0.15, -0.1) is 0 Å². The Morgan fingerprint density at radius 2 is 0.625 bits per heavy atom. The van der Waals surface area contributed by atoms with Gasteiger partial charge in [-0.25, -0.2) is 0 Å². The SMILES string of the molecule is O=[SiH2].[F-].[F-].[F-].[F-].[Mg+2].[Mg+2]. The van der Waals surface area contributed by atoms with Crippen molar-refractivity contribution in [2.45, 2.75) is 0 Å². The van der Waals surface area contributed by atoms with E-state index in [1.165, 1.54) is 0 Å². The maximum absolute atomic E-state index is 8.28. The third-order valence-corrected chi connectivity index (χ3v) is 0. The fraction of sp³-hybridized carbons (Fsp3) is 0. The van der Waals surface area contributed by atoms with Crippen LogP contribution in [-0.4, -0.2) is 56.2 Å². The van der Waals surface area contributed by atoms with Gasteiger partial charge in [0, 0.05) is 0 Å². The summed E-state index contributed by atoms with van der Waals surface area (Å²) < 4.78 is 8.28. The third kappa shape index (κ3) is 177. The Hall–Kier alpha value is 1.27. The van der Waals surface area contributed by atoms with Gasteiger partial charge in [-0.05, 0) is 0 Å². The Kier molecular flexibility index (Phi) is 4170. The molecule has 0 aromatic rings. The molecule has 8 heteroatoms. The quantitative estimate of drug-likeness (QED) is 0.261. The summed E-state index contributed by atoms with van der Waals surface area (Å²) in [6.45, 7) is 0. The van der Waals surface area contributed by atoms with E-state index in [4.69, 9.17) is 4.46 Å². The molecule has 0 heterocycles. The Labute approximate surface area is 79.2 Å². The molecule has 1 nitrogen and oxygen atoms in total. The van der Waals surface area contributed by atoms with E-state index in [9.17, 15) is 0 Å². The van der Waals surface area contributed by atoms with Gasteiger partial charge in [0.15, 0.2) is 0 Å². The molecule has 0 aliphatic heterocycles. The van der Waals surface area contributed by atoms with Gasteiger partial charge in [0.05, 0.1) is 0 Å². The van der Waals surface area contributed by atoms with Crippen molar-refractivity contribution in [1.82, 2.24) is 0 Å². The molecule has 8 heavy (non-hydrogen) atoms. The Morgan fingerprint density at radius 3 is 0.625 bits per heavy atom. The molecular formula is H2F4Mg2OSi. The van der Waals surface area contributed by atoms with Gasteiger partial charge >= 0.3 is 46.1 Å². The summed E-state index contributed by atoms with van der Waals surface area (Å²) in [6, 6.07) is 0. The number of hydrogen-bond acceptors (Lipinski definition) is 1. The van der Waals surface area contributed by atoms with Crippen LogP contribution in [0.3, 0.4) is 0 Å². The molecule has 0 unspecified atom stereocenters. The van der Waals surface area contributed by atoms with Crippen LogP contribution in [0, 0.1) is 0 Å². The molecule has 0 N–H and O–H groups in total. The van der Waals surface area contributed by atoms with Crippen molar-refractivity contribution in [3.63, 3.8) is 0 Å². The largest absolute Gasteiger partial charge is 2.00 e. The summed E-state index contributed by atoms with van der Waals surface area (Å²) in [4.78, 5) is 0. The second kappa shape index (κ2) is 271. The van der Waals surface area contributed by atoms with Crippen LogP contribution in [0.1, 0.15) is 0 Å². The summed E-state index contributed by atoms with van der Waals surface area (Å²) in [6.07, 6.45) is 0. The van der Waals surface area contributed by atoms with E-state index >= 15 is 0 Å². The topological polar surface area (TPSA) is 17.1 Å². The monoisotopic (exact) mass is 170 g/mol. The average Bonchev–Trinajstić information content (AvgIpc) is 1.00. The van der Waals surface area contributed by atoms with E-state index in [-0.39, 0.29) is 64.9 Å². The summed E-state index contributed by atoms with van der Waals surface area (Å²) in [5, 5.41) is 0. The molecule has 0 atom stereocenters. The van der Waals surface area contributed by atoms with Crippen molar-refractivity contribution in [3.8, 4) is 0 Å². The van der Waals surface area contributed by atoms with Gasteiger partial charge in [0.25, 0.3) is 0 Å². The number of rotatable bonds is 0. The first-order valence-electron chi connectivity index (χ1n) is 0.289. The van der Waals surface area contributed by atoms with Gasteiger partial charge in [0.1, 0.15) is 0 Å². The van der Waals surface area contributed by atoms with Crippen LogP contribution in [-0.2, 0) is 4.46 Å². The van der Waals surface area contributed by atoms with Crippen molar-refractivity contribution in [1.29, 1.82) is 0 Å². The molecule has 0 saturated carbocycles. The zero-order valence-electron chi connectivity index (χ0n) is 4.04. The molecule has 0 saturated heterocycles. The van der Waals surface area contributed by atoms with Gasteiger partial charge < -0.3 is 23.3 Å². The minimum absolute atomic E-state index is 0. The van der Waals surface area contributed by atoms with Crippen LogP contribution in [0.15, 0.2) is 0 Å². The van der Waals surface area contributed by atoms with Crippen LogP contribution in [0.2, 0.25) is 0 Å². The second-order valence-electron chi connectivity index (χ2n) is 0. The van der Waals surface area contributed by atoms with Gasteiger partial charge in [-0.2, -0.15) is 0 Å². The molecule has 0 aliphatic rings. The summed E-state index contributed by atoms with van der Waals surface area (Å²) >= 11 is 0. The first-order chi connectivity index (χ1) is 1.00. The number of halogens is 4. The van der Waals surface area contributed by atoms with E-state index in [1.807, 2.05) is 0 Å². The molecule has 0 aromatic heterocycles. The first-order valence-corrected chi connectivity index (χ1v) is 0.866. The maximum atomic E-state index is 8.28. The van der Waals surface area contributed by atoms with Crippen LogP contribution >= 0.6 is 0 Å². The van der Waals surface area contributed by atoms with Crippen molar-refractivity contribution in [2.75, 3.05) is 0 Å². The van der Waals surface area contributed by atoms with Crippen molar-refractivity contribution in [3.05, 3.63) is 0 Å². The molecule has 0 rings (SSSR count). The van der Waals surface area contributed by atoms with E-state index in [1.54, 1.807) is 0 Å². The van der Waals surface area contributed by atoms with E-state index < -0.39 is 0 Å². The van der Waals surface area contributed by atoms with Gasteiger partial charge in [-0.1, -0.05) is 0 Å². The summed E-state index contributed by atoms with van der Waals surface area (Å²) in [5.41, 5.74) is 0. The van der Waals surface area contributed by atoms with Gasteiger partial charge in [0.2, 0.25) is 10.1 Å². The second-order valence-corrected chi connectivity index (χ2v) is 0. The fourth-order valence-electron chi connectivity index (χ4n) is 0. The van der Waals surface area contributed by atoms with Crippen molar-refractivity contribution in [2.24, 2.45) is 0 Å². The molecule has 0 aromatic carbocycles. The van der Waals surface area contributed by atoms with Gasteiger partial charge in [-0.3, -0.25) is 0 Å². The molecule has 0 radical (unpaired) electrons. The number of hydrogen-bond donors (Lipinski definition) is 0. The maximum Gasteiger partial charge on any atom is 2.00 e. The fourth-order valence-corrected chi connectivity index (χ4v) is 0. The van der Waals surface area contributed by atoms with E-state index in [0.717, 1.165) is 0 Å². The predicted octanol–water partition coefficient (Wildman–Crippen LogP) is -13.8. The van der Waals surface area contributed by atoms with Crippen LogP contribution in [0.5, 0.6) is 0 Å². The van der Waals surface area contributed by atoms with Crippen LogP contribution in [0.25, 0.3) is 0 Å². The first kappa shape index (κ1) is 123. The van der Waals surface area contributed by atoms with Crippen LogP contribution in [0.4, 0.5) is 0 Å². The smallest absolute Gasteiger partial charge is 1.00 e. The minimum atomic E-state index is 0. The van der Waals surface area contributed by atoms with E-state index in [2.05, 4.69) is 0 Å². The molecule has 0 amide bonds. The minimum Gasteiger partial charge on any atom is -1.00 e. The molecule has 0 bridgehead atoms. The van der Waals surface area contributed by atoms with E-state index in [0.29, 0.717) is 10.1 Å². The summed E-state index contributed by atoms with van der Waals surface area (Å²) in [7, 11) is 0.611. The van der Waals surface area contributed by atoms with Crippen LogP contribution < -0.4 is 18.8 Å². The average molecular weight is 171 g/mol. The van der Waals surface area contributed by atoms with Crippen molar-refractivity contribution < 1.29 is 23.3 Å². The Bertz CT molecular complexity index is 14.0. The zero-order valence-corrected chi connectivity index (χ0v) is 8.28. The molecule has 0 fully saturated rings. The molecule has 0 aliphatic carbocycles. The molecule has 44 valence electrons. The predicted molar refractivity (Wildman–Crippen MR) is 20.7 cm³/mol.